The number of hydrogen-bond acceptors (Lipinski definition) is 5. The maximum Gasteiger partial charge on any atom is 0.356 e. The van der Waals surface area contributed by atoms with Gasteiger partial charge in [-0.15, -0.1) is 0 Å². The molecule has 2 N–H and O–H groups in total. The fourth-order valence-corrected chi connectivity index (χ4v) is 2.82. The lowest BCUT2D eigenvalue weighted by Gasteiger charge is -2.31. The molecule has 7 heteroatoms. The van der Waals surface area contributed by atoms with Crippen LogP contribution in [0.4, 0.5) is 5.69 Å². The third-order valence-corrected chi connectivity index (χ3v) is 4.06. The molecule has 0 saturated heterocycles. The molecule has 2 heterocycles. The number of esters is 1. The monoisotopic (exact) mass is 329 g/mol. The molecular formula is C17H19N3O4. The lowest BCUT2D eigenvalue weighted by atomic mass is 10.0. The Hall–Kier alpha value is -2.83. The summed E-state index contributed by atoms with van der Waals surface area (Å²) in [6.07, 6.45) is 2.43. The van der Waals surface area contributed by atoms with Gasteiger partial charge in [0.25, 0.3) is 5.91 Å². The van der Waals surface area contributed by atoms with Crippen LogP contribution in [0.2, 0.25) is 0 Å². The van der Waals surface area contributed by atoms with Gasteiger partial charge in [0.2, 0.25) is 5.91 Å². The molecule has 0 aromatic heterocycles. The summed E-state index contributed by atoms with van der Waals surface area (Å²) in [5, 5.41) is 0. The Morgan fingerprint density at radius 2 is 2.04 bits per heavy atom. The van der Waals surface area contributed by atoms with Gasteiger partial charge in [0.1, 0.15) is 5.70 Å². The van der Waals surface area contributed by atoms with Crippen LogP contribution in [0.1, 0.15) is 25.3 Å². The van der Waals surface area contributed by atoms with Gasteiger partial charge in [0, 0.05) is 18.7 Å². The maximum absolute atomic E-state index is 12.7. The van der Waals surface area contributed by atoms with Crippen molar-refractivity contribution >= 4 is 23.5 Å². The predicted molar refractivity (Wildman–Crippen MR) is 86.6 cm³/mol. The van der Waals surface area contributed by atoms with Gasteiger partial charge in [-0.2, -0.15) is 0 Å². The Morgan fingerprint density at radius 1 is 1.25 bits per heavy atom. The summed E-state index contributed by atoms with van der Waals surface area (Å²) in [6, 6.07) is 7.75. The number of ether oxygens (including phenoxy) is 1. The molecule has 24 heavy (non-hydrogen) atoms. The van der Waals surface area contributed by atoms with Crippen molar-refractivity contribution in [1.82, 2.24) is 10.9 Å². The average Bonchev–Trinajstić information content (AvgIpc) is 2.61. The number of hydrazine groups is 1. The molecule has 0 bridgehead atoms. The van der Waals surface area contributed by atoms with Crippen LogP contribution >= 0.6 is 0 Å². The van der Waals surface area contributed by atoms with Crippen molar-refractivity contribution in [3.8, 4) is 0 Å². The largest absolute Gasteiger partial charge is 0.448 e. The zero-order valence-electron chi connectivity index (χ0n) is 13.4. The summed E-state index contributed by atoms with van der Waals surface area (Å²) in [5.74, 6) is -1.15. The van der Waals surface area contributed by atoms with Crippen molar-refractivity contribution in [2.24, 2.45) is 0 Å². The van der Waals surface area contributed by atoms with E-state index >= 15 is 0 Å². The molecule has 0 fully saturated rings. The summed E-state index contributed by atoms with van der Waals surface area (Å²) in [7, 11) is 0. The molecule has 1 aromatic rings. The Labute approximate surface area is 139 Å². The minimum absolute atomic E-state index is 0.0965. The lowest BCUT2D eigenvalue weighted by molar-refractivity contribution is -0.150. The number of fused-ring (bicyclic) bond motifs is 1. The van der Waals surface area contributed by atoms with Gasteiger partial charge in [0.15, 0.2) is 6.10 Å². The molecule has 2 aliphatic heterocycles. The average molecular weight is 329 g/mol. The van der Waals surface area contributed by atoms with Crippen LogP contribution in [0.5, 0.6) is 0 Å². The summed E-state index contributed by atoms with van der Waals surface area (Å²) in [4.78, 5) is 37.5. The number of nitrogens with zero attached hydrogens (tertiary/aromatic N) is 1. The smallest absolute Gasteiger partial charge is 0.356 e. The number of carbonyl (C=O) groups excluding carboxylic acids is 3. The second-order valence-corrected chi connectivity index (χ2v) is 5.76. The van der Waals surface area contributed by atoms with Gasteiger partial charge in [-0.25, -0.2) is 4.79 Å². The molecule has 2 amide bonds. The fraction of sp³-hybridized carbons (Fsp3) is 0.353. The Bertz CT molecular complexity index is 714. The third-order valence-electron chi connectivity index (χ3n) is 4.06. The van der Waals surface area contributed by atoms with Crippen LogP contribution in [-0.4, -0.2) is 30.4 Å². The Kier molecular flexibility index (Phi) is 4.50. The highest BCUT2D eigenvalue weighted by Crippen LogP contribution is 2.27. The van der Waals surface area contributed by atoms with Gasteiger partial charge in [-0.1, -0.05) is 18.2 Å². The standard InChI is InChI=1S/C17H19N3O4/c1-11(24-17(23)13-8-9-15(21)19-18-13)16(22)20-10-4-6-12-5-2-3-7-14(12)20/h2-3,5,7-8,11,18H,4,6,9-10H2,1H3,(H,19,21)/t11-/m1/s1. The van der Waals surface area contributed by atoms with Gasteiger partial charge >= 0.3 is 5.97 Å². The molecule has 1 aromatic carbocycles. The van der Waals surface area contributed by atoms with Crippen LogP contribution < -0.4 is 15.8 Å². The number of anilines is 1. The number of rotatable bonds is 3. The summed E-state index contributed by atoms with van der Waals surface area (Å²) in [6.45, 7) is 2.16. The number of para-hydroxylation sites is 1. The number of amides is 2. The fourth-order valence-electron chi connectivity index (χ4n) is 2.82. The maximum atomic E-state index is 12.7. The molecule has 3 rings (SSSR count). The highest BCUT2D eigenvalue weighted by molar-refractivity contribution is 6.00. The van der Waals surface area contributed by atoms with Gasteiger partial charge in [-0.3, -0.25) is 20.4 Å². The second-order valence-electron chi connectivity index (χ2n) is 5.76. The van der Waals surface area contributed by atoms with Crippen LogP contribution in [0.15, 0.2) is 36.0 Å². The zero-order valence-corrected chi connectivity index (χ0v) is 13.4. The third kappa shape index (κ3) is 3.24. The minimum atomic E-state index is -0.913. The summed E-state index contributed by atoms with van der Waals surface area (Å²) >= 11 is 0. The quantitative estimate of drug-likeness (QED) is 0.801. The highest BCUT2D eigenvalue weighted by Gasteiger charge is 2.29. The van der Waals surface area contributed by atoms with Crippen molar-refractivity contribution in [3.63, 3.8) is 0 Å². The van der Waals surface area contributed by atoms with Gasteiger partial charge < -0.3 is 9.64 Å². The number of carbonyl (C=O) groups is 3. The molecular weight excluding hydrogens is 310 g/mol. The number of hydrogen-bond donors (Lipinski definition) is 2. The molecule has 126 valence electrons. The highest BCUT2D eigenvalue weighted by atomic mass is 16.5. The second kappa shape index (κ2) is 6.74. The van der Waals surface area contributed by atoms with Crippen molar-refractivity contribution < 1.29 is 19.1 Å². The van der Waals surface area contributed by atoms with Crippen molar-refractivity contribution in [2.45, 2.75) is 32.3 Å². The van der Waals surface area contributed by atoms with Crippen molar-refractivity contribution in [3.05, 3.63) is 41.6 Å². The van der Waals surface area contributed by atoms with Crippen LogP contribution in [0.25, 0.3) is 0 Å². The SMILES string of the molecule is C[C@@H](OC(=O)C1=CCC(=O)NN1)C(=O)N1CCCc2ccccc21. The summed E-state index contributed by atoms with van der Waals surface area (Å²) in [5.41, 5.74) is 6.94. The van der Waals surface area contributed by atoms with E-state index in [1.54, 1.807) is 11.8 Å². The van der Waals surface area contributed by atoms with Crippen LogP contribution in [0, 0.1) is 0 Å². The van der Waals surface area contributed by atoms with Crippen molar-refractivity contribution in [2.75, 3.05) is 11.4 Å². The Balaban J connectivity index is 1.67. The molecule has 0 saturated carbocycles. The number of nitrogens with one attached hydrogen (secondary N) is 2. The molecule has 0 unspecified atom stereocenters. The van der Waals surface area contributed by atoms with E-state index in [4.69, 9.17) is 4.74 Å². The van der Waals surface area contributed by atoms with E-state index in [-0.39, 0.29) is 23.9 Å². The van der Waals surface area contributed by atoms with Crippen molar-refractivity contribution in [1.29, 1.82) is 0 Å². The van der Waals surface area contributed by atoms with Crippen LogP contribution in [-0.2, 0) is 25.5 Å². The van der Waals surface area contributed by atoms with Crippen LogP contribution in [0.3, 0.4) is 0 Å². The molecule has 0 spiro atoms. The zero-order chi connectivity index (χ0) is 17.1. The first-order valence-corrected chi connectivity index (χ1v) is 7.91. The van der Waals surface area contributed by atoms with E-state index in [1.165, 1.54) is 6.08 Å². The molecule has 7 nitrogen and oxygen atoms in total. The molecule has 0 aliphatic carbocycles. The minimum Gasteiger partial charge on any atom is -0.448 e. The van der Waals surface area contributed by atoms with E-state index in [9.17, 15) is 14.4 Å². The first kappa shape index (κ1) is 16.0. The molecule has 0 radical (unpaired) electrons. The van der Waals surface area contributed by atoms with Gasteiger partial charge in [0.05, 0.1) is 0 Å². The van der Waals surface area contributed by atoms with Gasteiger partial charge in [-0.05, 0) is 37.5 Å². The predicted octanol–water partition coefficient (Wildman–Crippen LogP) is 0.806. The first-order chi connectivity index (χ1) is 11.6. The first-order valence-electron chi connectivity index (χ1n) is 7.91. The Morgan fingerprint density at radius 3 is 2.79 bits per heavy atom. The van der Waals surface area contributed by atoms with E-state index in [0.29, 0.717) is 6.54 Å². The number of aryl methyl sites for hydroxylation is 1. The van der Waals surface area contributed by atoms with E-state index in [1.807, 2.05) is 24.3 Å². The van der Waals surface area contributed by atoms with E-state index < -0.39 is 12.1 Å². The summed E-state index contributed by atoms with van der Waals surface area (Å²) < 4.78 is 5.24. The van der Waals surface area contributed by atoms with E-state index in [0.717, 1.165) is 24.1 Å². The van der Waals surface area contributed by atoms with E-state index in [2.05, 4.69) is 10.9 Å². The number of benzene rings is 1. The molecule has 1 atom stereocenters. The lowest BCUT2D eigenvalue weighted by Crippen LogP contribution is -2.45. The normalized spacial score (nSPS) is 17.8. The topological polar surface area (TPSA) is 87.7 Å². The molecule has 2 aliphatic rings.